The van der Waals surface area contributed by atoms with Crippen molar-refractivity contribution in [2.24, 2.45) is 0 Å². The Bertz CT molecular complexity index is 1480. The molecule has 0 spiro atoms. The van der Waals surface area contributed by atoms with Gasteiger partial charge in [0.25, 0.3) is 15.9 Å². The molecule has 3 aromatic rings. The lowest BCUT2D eigenvalue weighted by Crippen LogP contribution is -2.55. The van der Waals surface area contributed by atoms with E-state index >= 15 is 0 Å². The summed E-state index contributed by atoms with van der Waals surface area (Å²) < 4.78 is 33.3. The first-order valence-corrected chi connectivity index (χ1v) is 15.2. The van der Waals surface area contributed by atoms with Crippen LogP contribution in [0.15, 0.2) is 59.5 Å². The summed E-state index contributed by atoms with van der Waals surface area (Å²) in [5.41, 5.74) is 1.43. The van der Waals surface area contributed by atoms with Crippen LogP contribution >= 0.6 is 11.3 Å². The molecular weight excluding hydrogens is 534 g/mol. The van der Waals surface area contributed by atoms with E-state index in [2.05, 4.69) is 38.3 Å². The molecule has 8 nitrogen and oxygen atoms in total. The summed E-state index contributed by atoms with van der Waals surface area (Å²) in [6, 6.07) is 14.7. The molecule has 0 bridgehead atoms. The lowest BCUT2D eigenvalue weighted by atomic mass is 9.81. The molecule has 0 saturated heterocycles. The maximum absolute atomic E-state index is 13.3. The van der Waals surface area contributed by atoms with E-state index in [-0.39, 0.29) is 29.1 Å². The summed E-state index contributed by atoms with van der Waals surface area (Å²) in [5.74, 6) is -0.913. The van der Waals surface area contributed by atoms with Crippen LogP contribution in [0, 0.1) is 0 Å². The molecule has 0 atom stereocenters. The van der Waals surface area contributed by atoms with Crippen molar-refractivity contribution in [3.63, 3.8) is 0 Å². The standard InChI is InChI=1S/C29H35N3O5S2/c1-7-32(20-12-10-9-11-13-20)39(35,36)21-16-14-19(15-17-21)25(33)30-26-23(27(34)37-8-2)22-18-28(3,4)31-29(5,6)24(22)38-26/h9-17,31H,7-8,18H2,1-6H3,(H,30,33). The number of fused-ring (bicyclic) bond motifs is 1. The Labute approximate surface area is 234 Å². The molecule has 1 aromatic heterocycles. The van der Waals surface area contributed by atoms with Crippen LogP contribution in [-0.4, -0.2) is 39.0 Å². The van der Waals surface area contributed by atoms with Crippen LogP contribution in [0.2, 0.25) is 0 Å². The van der Waals surface area contributed by atoms with E-state index in [1.54, 1.807) is 38.1 Å². The van der Waals surface area contributed by atoms with Crippen molar-refractivity contribution >= 4 is 43.9 Å². The van der Waals surface area contributed by atoms with Crippen molar-refractivity contribution in [2.75, 3.05) is 22.8 Å². The summed E-state index contributed by atoms with van der Waals surface area (Å²) in [4.78, 5) is 27.4. The van der Waals surface area contributed by atoms with E-state index < -0.39 is 27.4 Å². The number of ether oxygens (including phenoxy) is 1. The quantitative estimate of drug-likeness (QED) is 0.345. The number of nitrogens with zero attached hydrogens (tertiary/aromatic N) is 1. The second-order valence-corrected chi connectivity index (χ2v) is 13.5. The zero-order chi connectivity index (χ0) is 28.6. The number of amides is 1. The van der Waals surface area contributed by atoms with Gasteiger partial charge in [-0.25, -0.2) is 13.2 Å². The van der Waals surface area contributed by atoms with E-state index in [1.165, 1.54) is 39.9 Å². The number of thiophene rings is 1. The van der Waals surface area contributed by atoms with Gasteiger partial charge in [0.1, 0.15) is 5.00 Å². The molecule has 2 heterocycles. The molecule has 0 radical (unpaired) electrons. The van der Waals surface area contributed by atoms with Gasteiger partial charge in [0.2, 0.25) is 0 Å². The fourth-order valence-corrected chi connectivity index (χ4v) is 7.93. The maximum Gasteiger partial charge on any atom is 0.341 e. The smallest absolute Gasteiger partial charge is 0.341 e. The van der Waals surface area contributed by atoms with Crippen LogP contribution in [0.4, 0.5) is 10.7 Å². The normalized spacial score (nSPS) is 15.7. The van der Waals surface area contributed by atoms with Gasteiger partial charge in [-0.3, -0.25) is 9.10 Å². The number of sulfonamides is 1. The van der Waals surface area contributed by atoms with E-state index in [0.29, 0.717) is 22.7 Å². The predicted molar refractivity (Wildman–Crippen MR) is 155 cm³/mol. The SMILES string of the molecule is CCOC(=O)c1c(NC(=O)c2ccc(S(=O)(=O)N(CC)c3ccccc3)cc2)sc2c1CC(C)(C)NC2(C)C. The van der Waals surface area contributed by atoms with Crippen molar-refractivity contribution in [3.8, 4) is 0 Å². The first kappa shape index (κ1) is 28.8. The lowest BCUT2D eigenvalue weighted by molar-refractivity contribution is 0.0525. The number of esters is 1. The van der Waals surface area contributed by atoms with Gasteiger partial charge < -0.3 is 15.4 Å². The largest absolute Gasteiger partial charge is 0.462 e. The molecule has 39 heavy (non-hydrogen) atoms. The van der Waals surface area contributed by atoms with E-state index in [0.717, 1.165) is 10.4 Å². The number of nitrogens with one attached hydrogen (secondary N) is 2. The molecule has 2 N–H and O–H groups in total. The van der Waals surface area contributed by atoms with Gasteiger partial charge in [0, 0.05) is 28.1 Å². The van der Waals surface area contributed by atoms with E-state index in [1.807, 2.05) is 6.07 Å². The van der Waals surface area contributed by atoms with Crippen LogP contribution in [0.25, 0.3) is 0 Å². The highest BCUT2D eigenvalue weighted by Gasteiger charge is 2.42. The minimum atomic E-state index is -3.82. The molecule has 0 aliphatic carbocycles. The highest BCUT2D eigenvalue weighted by molar-refractivity contribution is 7.92. The summed E-state index contributed by atoms with van der Waals surface area (Å²) >= 11 is 1.36. The Kier molecular flexibility index (Phi) is 7.93. The average molecular weight is 570 g/mol. The highest BCUT2D eigenvalue weighted by Crippen LogP contribution is 2.45. The average Bonchev–Trinajstić information content (AvgIpc) is 3.22. The van der Waals surface area contributed by atoms with Crippen molar-refractivity contribution < 1.29 is 22.7 Å². The first-order chi connectivity index (χ1) is 18.3. The third-order valence-corrected chi connectivity index (χ3v) is 9.98. The predicted octanol–water partition coefficient (Wildman–Crippen LogP) is 5.55. The number of carbonyl (C=O) groups excluding carboxylic acids is 2. The second kappa shape index (κ2) is 10.7. The number of hydrogen-bond acceptors (Lipinski definition) is 7. The van der Waals surface area contributed by atoms with Gasteiger partial charge >= 0.3 is 5.97 Å². The van der Waals surface area contributed by atoms with Crippen LogP contribution in [0.5, 0.6) is 0 Å². The van der Waals surface area contributed by atoms with Gasteiger partial charge in [-0.1, -0.05) is 18.2 Å². The topological polar surface area (TPSA) is 105 Å². The van der Waals surface area contributed by atoms with Crippen LogP contribution < -0.4 is 14.9 Å². The van der Waals surface area contributed by atoms with E-state index in [4.69, 9.17) is 4.74 Å². The molecule has 1 amide bonds. The van der Waals surface area contributed by atoms with Crippen molar-refractivity contribution in [1.29, 1.82) is 0 Å². The minimum Gasteiger partial charge on any atom is -0.462 e. The molecule has 4 rings (SSSR count). The third kappa shape index (κ3) is 5.73. The molecular formula is C29H35N3O5S2. The fourth-order valence-electron chi connectivity index (χ4n) is 5.20. The Hall–Kier alpha value is -3.21. The zero-order valence-corrected chi connectivity index (χ0v) is 24.8. The number of hydrogen-bond donors (Lipinski definition) is 2. The molecule has 1 aliphatic heterocycles. The minimum absolute atomic E-state index is 0.0820. The summed E-state index contributed by atoms with van der Waals surface area (Å²) in [6.07, 6.45) is 0.605. The molecule has 0 fully saturated rings. The second-order valence-electron chi connectivity index (χ2n) is 10.6. The zero-order valence-electron chi connectivity index (χ0n) is 23.1. The lowest BCUT2D eigenvalue weighted by Gasteiger charge is -2.42. The number of anilines is 2. The molecule has 0 unspecified atom stereocenters. The van der Waals surface area contributed by atoms with Crippen LogP contribution in [-0.2, 0) is 26.7 Å². The van der Waals surface area contributed by atoms with Crippen molar-refractivity contribution in [3.05, 3.63) is 76.2 Å². The Balaban J connectivity index is 1.64. The number of carbonyl (C=O) groups is 2. The third-order valence-electron chi connectivity index (χ3n) is 6.59. The summed E-state index contributed by atoms with van der Waals surface area (Å²) in [5, 5.41) is 6.94. The van der Waals surface area contributed by atoms with Gasteiger partial charge in [0.05, 0.1) is 22.8 Å². The Morgan fingerprint density at radius 1 is 1.03 bits per heavy atom. The molecule has 208 valence electrons. The molecule has 2 aromatic carbocycles. The van der Waals surface area contributed by atoms with Gasteiger partial charge in [-0.15, -0.1) is 11.3 Å². The maximum atomic E-state index is 13.3. The fraction of sp³-hybridized carbons (Fsp3) is 0.379. The monoisotopic (exact) mass is 569 g/mol. The number of rotatable bonds is 8. The van der Waals surface area contributed by atoms with Crippen molar-refractivity contribution in [2.45, 2.75) is 63.9 Å². The molecule has 10 heteroatoms. The summed E-state index contributed by atoms with van der Waals surface area (Å²) in [6.45, 7) is 12.3. The molecule has 1 aliphatic rings. The highest BCUT2D eigenvalue weighted by atomic mass is 32.2. The number of benzene rings is 2. The Morgan fingerprint density at radius 3 is 2.26 bits per heavy atom. The first-order valence-electron chi connectivity index (χ1n) is 12.9. The van der Waals surface area contributed by atoms with Crippen LogP contribution in [0.1, 0.15) is 72.7 Å². The van der Waals surface area contributed by atoms with Crippen molar-refractivity contribution in [1.82, 2.24) is 5.32 Å². The van der Waals surface area contributed by atoms with Gasteiger partial charge in [0.15, 0.2) is 0 Å². The van der Waals surface area contributed by atoms with E-state index in [9.17, 15) is 18.0 Å². The van der Waals surface area contributed by atoms with Gasteiger partial charge in [-0.05, 0) is 89.9 Å². The number of para-hydroxylation sites is 1. The van der Waals surface area contributed by atoms with Crippen LogP contribution in [0.3, 0.4) is 0 Å². The van der Waals surface area contributed by atoms with Gasteiger partial charge in [-0.2, -0.15) is 0 Å². The Morgan fingerprint density at radius 2 is 1.67 bits per heavy atom. The summed E-state index contributed by atoms with van der Waals surface area (Å²) in [7, 11) is -3.82. The molecule has 0 saturated carbocycles.